The molecule has 1 aromatic rings. The van der Waals surface area contributed by atoms with Crippen molar-refractivity contribution in [1.82, 2.24) is 5.32 Å². The van der Waals surface area contributed by atoms with Gasteiger partial charge in [-0.25, -0.2) is 4.39 Å². The monoisotopic (exact) mass is 287 g/mol. The van der Waals surface area contributed by atoms with Gasteiger partial charge in [0.2, 0.25) is 0 Å². The molecule has 19 heavy (non-hydrogen) atoms. The van der Waals surface area contributed by atoms with E-state index in [-0.39, 0.29) is 18.0 Å². The van der Waals surface area contributed by atoms with Crippen LogP contribution >= 0.6 is 11.6 Å². The highest BCUT2D eigenvalue weighted by Crippen LogP contribution is 2.20. The highest BCUT2D eigenvalue weighted by Gasteiger charge is 2.18. The van der Waals surface area contributed by atoms with Crippen molar-refractivity contribution >= 4 is 11.6 Å². The normalized spacial score (nSPS) is 14.4. The number of nitrogens with one attached hydrogen (secondary N) is 1. The largest absolute Gasteiger partial charge is 0.377 e. The Morgan fingerprint density at radius 1 is 1.37 bits per heavy atom. The van der Waals surface area contributed by atoms with Crippen LogP contribution in [0.15, 0.2) is 18.2 Å². The van der Waals surface area contributed by atoms with Gasteiger partial charge >= 0.3 is 0 Å². The SMILES string of the molecule is CCCNC(Cc1cc(F)ccc1Cl)C(C)OCC. The molecular weight excluding hydrogens is 265 g/mol. The Morgan fingerprint density at radius 2 is 2.11 bits per heavy atom. The summed E-state index contributed by atoms with van der Waals surface area (Å²) in [6, 6.07) is 4.63. The minimum absolute atomic E-state index is 0.0656. The fourth-order valence-corrected chi connectivity index (χ4v) is 2.24. The third-order valence-corrected chi connectivity index (χ3v) is 3.47. The molecule has 1 rings (SSSR count). The molecule has 0 aliphatic heterocycles. The van der Waals surface area contributed by atoms with Crippen molar-refractivity contribution in [2.75, 3.05) is 13.2 Å². The molecule has 0 fully saturated rings. The van der Waals surface area contributed by atoms with E-state index >= 15 is 0 Å². The second-order valence-corrected chi connectivity index (χ2v) is 5.07. The van der Waals surface area contributed by atoms with Crippen LogP contribution in [0, 0.1) is 5.82 Å². The van der Waals surface area contributed by atoms with Crippen LogP contribution in [0.4, 0.5) is 4.39 Å². The predicted octanol–water partition coefficient (Wildman–Crippen LogP) is 3.81. The van der Waals surface area contributed by atoms with Crippen molar-refractivity contribution < 1.29 is 9.13 Å². The lowest BCUT2D eigenvalue weighted by atomic mass is 10.0. The van der Waals surface area contributed by atoms with Gasteiger partial charge in [-0.2, -0.15) is 0 Å². The van der Waals surface area contributed by atoms with Gasteiger partial charge in [0.25, 0.3) is 0 Å². The van der Waals surface area contributed by atoms with E-state index in [1.807, 2.05) is 13.8 Å². The molecule has 108 valence electrons. The van der Waals surface area contributed by atoms with Crippen molar-refractivity contribution in [3.63, 3.8) is 0 Å². The Hall–Kier alpha value is -0.640. The molecule has 0 spiro atoms. The molecule has 2 nitrogen and oxygen atoms in total. The first-order chi connectivity index (χ1) is 9.08. The van der Waals surface area contributed by atoms with Crippen LogP contribution in [0.3, 0.4) is 0 Å². The summed E-state index contributed by atoms with van der Waals surface area (Å²) < 4.78 is 18.9. The summed E-state index contributed by atoms with van der Waals surface area (Å²) >= 11 is 6.12. The quantitative estimate of drug-likeness (QED) is 0.785. The lowest BCUT2D eigenvalue weighted by Gasteiger charge is -2.25. The second kappa shape index (κ2) is 8.51. The van der Waals surface area contributed by atoms with Gasteiger partial charge in [-0.15, -0.1) is 0 Å². The van der Waals surface area contributed by atoms with Crippen molar-refractivity contribution in [3.05, 3.63) is 34.6 Å². The molecule has 1 N–H and O–H groups in total. The maximum absolute atomic E-state index is 13.3. The fourth-order valence-electron chi connectivity index (χ4n) is 2.05. The zero-order valence-corrected chi connectivity index (χ0v) is 12.6. The smallest absolute Gasteiger partial charge is 0.123 e. The van der Waals surface area contributed by atoms with E-state index in [1.54, 1.807) is 6.07 Å². The molecule has 0 bridgehead atoms. The second-order valence-electron chi connectivity index (χ2n) is 4.66. The average Bonchev–Trinajstić information content (AvgIpc) is 2.38. The Bertz CT molecular complexity index is 386. The van der Waals surface area contributed by atoms with E-state index in [0.717, 1.165) is 18.5 Å². The molecule has 1 aromatic carbocycles. The van der Waals surface area contributed by atoms with Gasteiger partial charge in [0.15, 0.2) is 0 Å². The molecule has 0 aromatic heterocycles. The van der Waals surface area contributed by atoms with Crippen LogP contribution in [-0.2, 0) is 11.2 Å². The Labute approximate surface area is 120 Å². The minimum Gasteiger partial charge on any atom is -0.377 e. The lowest BCUT2D eigenvalue weighted by molar-refractivity contribution is 0.0476. The average molecular weight is 288 g/mol. The standard InChI is InChI=1S/C15H23ClFNO/c1-4-8-18-15(11(3)19-5-2)10-12-9-13(17)6-7-14(12)16/h6-7,9,11,15,18H,4-5,8,10H2,1-3H3. The molecule has 0 heterocycles. The fraction of sp³-hybridized carbons (Fsp3) is 0.600. The van der Waals surface area contributed by atoms with Gasteiger partial charge in [0, 0.05) is 17.7 Å². The van der Waals surface area contributed by atoms with E-state index in [2.05, 4.69) is 12.2 Å². The van der Waals surface area contributed by atoms with Gasteiger partial charge in [-0.05, 0) is 57.0 Å². The summed E-state index contributed by atoms with van der Waals surface area (Å²) in [6.45, 7) is 7.70. The van der Waals surface area contributed by atoms with Gasteiger partial charge < -0.3 is 10.1 Å². The van der Waals surface area contributed by atoms with Gasteiger partial charge in [0.1, 0.15) is 5.82 Å². The van der Waals surface area contributed by atoms with E-state index in [4.69, 9.17) is 16.3 Å². The van der Waals surface area contributed by atoms with Crippen molar-refractivity contribution in [2.45, 2.75) is 45.8 Å². The highest BCUT2D eigenvalue weighted by molar-refractivity contribution is 6.31. The number of hydrogen-bond acceptors (Lipinski definition) is 2. The first kappa shape index (κ1) is 16.4. The van der Waals surface area contributed by atoms with Crippen molar-refractivity contribution in [2.24, 2.45) is 0 Å². The maximum atomic E-state index is 13.3. The third kappa shape index (κ3) is 5.47. The Kier molecular flexibility index (Phi) is 7.36. The molecule has 4 heteroatoms. The molecule has 2 atom stereocenters. The summed E-state index contributed by atoms with van der Waals surface area (Å²) in [5, 5.41) is 4.05. The summed E-state index contributed by atoms with van der Waals surface area (Å²) in [6.07, 6.45) is 1.78. The van der Waals surface area contributed by atoms with Crippen LogP contribution < -0.4 is 5.32 Å². The first-order valence-corrected chi connectivity index (χ1v) is 7.25. The minimum atomic E-state index is -0.252. The highest BCUT2D eigenvalue weighted by atomic mass is 35.5. The third-order valence-electron chi connectivity index (χ3n) is 3.10. The van der Waals surface area contributed by atoms with Gasteiger partial charge in [-0.1, -0.05) is 18.5 Å². The molecule has 0 aliphatic rings. The molecule has 0 radical (unpaired) electrons. The lowest BCUT2D eigenvalue weighted by Crippen LogP contribution is -2.42. The van der Waals surface area contributed by atoms with Gasteiger partial charge in [-0.3, -0.25) is 0 Å². The first-order valence-electron chi connectivity index (χ1n) is 6.87. The zero-order valence-electron chi connectivity index (χ0n) is 11.9. The maximum Gasteiger partial charge on any atom is 0.123 e. The van der Waals surface area contributed by atoms with E-state index in [9.17, 15) is 4.39 Å². The van der Waals surface area contributed by atoms with Crippen LogP contribution in [0.2, 0.25) is 5.02 Å². The summed E-state index contributed by atoms with van der Waals surface area (Å²) in [4.78, 5) is 0. The number of hydrogen-bond donors (Lipinski definition) is 1. The van der Waals surface area contributed by atoms with Crippen LogP contribution in [0.5, 0.6) is 0 Å². The molecule has 0 saturated carbocycles. The number of benzene rings is 1. The van der Waals surface area contributed by atoms with Crippen LogP contribution in [0.25, 0.3) is 0 Å². The number of rotatable bonds is 8. The summed E-state index contributed by atoms with van der Waals surface area (Å²) in [7, 11) is 0. The van der Waals surface area contributed by atoms with E-state index in [0.29, 0.717) is 18.1 Å². The molecule has 0 aliphatic carbocycles. The molecule has 0 amide bonds. The van der Waals surface area contributed by atoms with E-state index in [1.165, 1.54) is 12.1 Å². The summed E-state index contributed by atoms with van der Waals surface area (Å²) in [5.41, 5.74) is 0.821. The molecule has 0 saturated heterocycles. The number of halogens is 2. The Morgan fingerprint density at radius 3 is 2.74 bits per heavy atom. The van der Waals surface area contributed by atoms with Crippen molar-refractivity contribution in [3.8, 4) is 0 Å². The topological polar surface area (TPSA) is 21.3 Å². The Balaban J connectivity index is 2.77. The predicted molar refractivity (Wildman–Crippen MR) is 78.3 cm³/mol. The van der Waals surface area contributed by atoms with Crippen molar-refractivity contribution in [1.29, 1.82) is 0 Å². The number of ether oxygens (including phenoxy) is 1. The van der Waals surface area contributed by atoms with E-state index < -0.39 is 0 Å². The molecular formula is C15H23ClFNO. The van der Waals surface area contributed by atoms with Crippen LogP contribution in [0.1, 0.15) is 32.8 Å². The van der Waals surface area contributed by atoms with Crippen LogP contribution in [-0.4, -0.2) is 25.3 Å². The summed E-state index contributed by atoms with van der Waals surface area (Å²) in [5.74, 6) is -0.252. The zero-order chi connectivity index (χ0) is 14.3. The van der Waals surface area contributed by atoms with Gasteiger partial charge in [0.05, 0.1) is 6.10 Å². The molecule has 2 unspecified atom stereocenters.